The summed E-state index contributed by atoms with van der Waals surface area (Å²) in [5, 5.41) is 5.83. The van der Waals surface area contributed by atoms with Gasteiger partial charge in [0, 0.05) is 21.3 Å². The highest BCUT2D eigenvalue weighted by Crippen LogP contribution is 2.27. The van der Waals surface area contributed by atoms with Crippen LogP contribution in [0.25, 0.3) is 0 Å². The second kappa shape index (κ2) is 19.8. The monoisotopic (exact) mass is 650 g/mol. The summed E-state index contributed by atoms with van der Waals surface area (Å²) in [5.74, 6) is 1.09. The Morgan fingerprint density at radius 3 is 1.49 bits per heavy atom. The number of rotatable bonds is 20. The van der Waals surface area contributed by atoms with Crippen LogP contribution >= 0.6 is 15.9 Å². The van der Waals surface area contributed by atoms with E-state index in [0.29, 0.717) is 40.2 Å². The van der Waals surface area contributed by atoms with Crippen LogP contribution in [0.3, 0.4) is 0 Å². The van der Waals surface area contributed by atoms with E-state index in [0.717, 1.165) is 24.3 Å². The molecule has 3 aromatic carbocycles. The number of carbonyl (C=O) groups is 2. The van der Waals surface area contributed by atoms with Crippen molar-refractivity contribution in [1.82, 2.24) is 0 Å². The van der Waals surface area contributed by atoms with Crippen LogP contribution in [0.5, 0.6) is 11.5 Å². The van der Waals surface area contributed by atoms with E-state index >= 15 is 0 Å². The number of hydrogen-bond donors (Lipinski definition) is 2. The maximum atomic E-state index is 12.8. The summed E-state index contributed by atoms with van der Waals surface area (Å²) in [6.45, 7) is 5.82. The minimum absolute atomic E-state index is 0.218. The Hall–Kier alpha value is -3.32. The Balaban J connectivity index is 1.42. The molecular formula is C36H47BrN2O4. The van der Waals surface area contributed by atoms with Crippen LogP contribution in [0.4, 0.5) is 11.4 Å². The van der Waals surface area contributed by atoms with Crippen LogP contribution in [0.1, 0.15) is 112 Å². The molecule has 0 saturated heterocycles. The topological polar surface area (TPSA) is 76.7 Å². The van der Waals surface area contributed by atoms with E-state index in [9.17, 15) is 9.59 Å². The van der Waals surface area contributed by atoms with Gasteiger partial charge in [-0.15, -0.1) is 0 Å². The van der Waals surface area contributed by atoms with Gasteiger partial charge in [0.2, 0.25) is 0 Å². The first-order valence-electron chi connectivity index (χ1n) is 15.9. The lowest BCUT2D eigenvalue weighted by Crippen LogP contribution is -2.14. The van der Waals surface area contributed by atoms with Crippen LogP contribution in [0, 0.1) is 0 Å². The Kier molecular flexibility index (Phi) is 15.7. The fourth-order valence-corrected chi connectivity index (χ4v) is 5.12. The number of hydrogen-bond acceptors (Lipinski definition) is 4. The van der Waals surface area contributed by atoms with E-state index in [1.165, 1.54) is 64.2 Å². The highest BCUT2D eigenvalue weighted by molar-refractivity contribution is 9.10. The van der Waals surface area contributed by atoms with E-state index in [1.807, 2.05) is 24.3 Å². The molecule has 0 aromatic heterocycles. The number of unbranched alkanes of at least 4 members (excludes halogenated alkanes) is 10. The van der Waals surface area contributed by atoms with Crippen LogP contribution in [0.2, 0.25) is 0 Å². The molecule has 6 nitrogen and oxygen atoms in total. The average molecular weight is 652 g/mol. The molecule has 0 atom stereocenters. The zero-order chi connectivity index (χ0) is 30.7. The van der Waals surface area contributed by atoms with Crippen molar-refractivity contribution in [2.75, 3.05) is 23.8 Å². The van der Waals surface area contributed by atoms with E-state index in [2.05, 4.69) is 40.4 Å². The largest absolute Gasteiger partial charge is 0.494 e. The molecule has 0 aliphatic rings. The molecule has 0 fully saturated rings. The Bertz CT molecular complexity index is 1250. The Morgan fingerprint density at radius 2 is 1.02 bits per heavy atom. The van der Waals surface area contributed by atoms with Gasteiger partial charge in [0.15, 0.2) is 0 Å². The van der Waals surface area contributed by atoms with Crippen molar-refractivity contribution in [2.45, 2.75) is 90.9 Å². The molecule has 0 bridgehead atoms. The summed E-state index contributed by atoms with van der Waals surface area (Å²) in [7, 11) is 0. The van der Waals surface area contributed by atoms with Gasteiger partial charge in [-0.05, 0) is 95.5 Å². The van der Waals surface area contributed by atoms with Gasteiger partial charge in [-0.3, -0.25) is 9.59 Å². The molecule has 7 heteroatoms. The molecule has 0 aliphatic heterocycles. The van der Waals surface area contributed by atoms with Gasteiger partial charge in [-0.1, -0.05) is 78.1 Å². The normalized spacial score (nSPS) is 10.8. The molecule has 0 unspecified atom stereocenters. The molecule has 0 aliphatic carbocycles. The second-order valence-corrected chi connectivity index (χ2v) is 11.7. The number of amides is 2. The average Bonchev–Trinajstić information content (AvgIpc) is 3.02. The molecule has 43 heavy (non-hydrogen) atoms. The lowest BCUT2D eigenvalue weighted by Gasteiger charge is -2.11. The molecule has 2 N–H and O–H groups in total. The molecule has 3 rings (SSSR count). The zero-order valence-corrected chi connectivity index (χ0v) is 27.3. The van der Waals surface area contributed by atoms with Crippen molar-refractivity contribution in [3.63, 3.8) is 0 Å². The SMILES string of the molecule is CCCCCCCCOc1ccc(C(=O)Nc2ccc(NC(=O)c3ccc(OCCCCCCCC)cc3)c(Br)c2)cc1. The van der Waals surface area contributed by atoms with Gasteiger partial charge in [-0.25, -0.2) is 0 Å². The maximum absolute atomic E-state index is 12.8. The van der Waals surface area contributed by atoms with Crippen molar-refractivity contribution < 1.29 is 19.1 Å². The maximum Gasteiger partial charge on any atom is 0.255 e. The molecular weight excluding hydrogens is 604 g/mol. The molecule has 2 amide bonds. The highest BCUT2D eigenvalue weighted by atomic mass is 79.9. The van der Waals surface area contributed by atoms with Crippen LogP contribution in [-0.4, -0.2) is 25.0 Å². The summed E-state index contributed by atoms with van der Waals surface area (Å²) in [6, 6.07) is 19.7. The number of benzene rings is 3. The van der Waals surface area contributed by atoms with Crippen molar-refractivity contribution in [3.8, 4) is 11.5 Å². The fourth-order valence-electron chi connectivity index (χ4n) is 4.64. The predicted molar refractivity (Wildman–Crippen MR) is 181 cm³/mol. The van der Waals surface area contributed by atoms with Crippen LogP contribution < -0.4 is 20.1 Å². The first kappa shape index (κ1) is 34.2. The summed E-state index contributed by atoms with van der Waals surface area (Å²) in [5.41, 5.74) is 2.30. The van der Waals surface area contributed by atoms with Crippen molar-refractivity contribution >= 4 is 39.1 Å². The third-order valence-corrected chi connectivity index (χ3v) is 7.90. The first-order valence-corrected chi connectivity index (χ1v) is 16.7. The number of anilines is 2. The Labute approximate surface area is 266 Å². The smallest absolute Gasteiger partial charge is 0.255 e. The summed E-state index contributed by atoms with van der Waals surface area (Å²) in [4.78, 5) is 25.6. The third-order valence-electron chi connectivity index (χ3n) is 7.24. The predicted octanol–water partition coefficient (Wildman–Crippen LogP) is 10.4. The quantitative estimate of drug-likeness (QED) is 0.119. The summed E-state index contributed by atoms with van der Waals surface area (Å²) in [6.07, 6.45) is 14.6. The molecule has 0 radical (unpaired) electrons. The molecule has 232 valence electrons. The van der Waals surface area contributed by atoms with Gasteiger partial charge in [-0.2, -0.15) is 0 Å². The molecule has 0 spiro atoms. The van der Waals surface area contributed by atoms with Gasteiger partial charge < -0.3 is 20.1 Å². The minimum atomic E-state index is -0.223. The van der Waals surface area contributed by atoms with Crippen molar-refractivity contribution in [3.05, 3.63) is 82.3 Å². The number of halogens is 1. The number of carbonyl (C=O) groups excluding carboxylic acids is 2. The molecule has 0 heterocycles. The lowest BCUT2D eigenvalue weighted by atomic mass is 10.1. The van der Waals surface area contributed by atoms with Gasteiger partial charge in [0.25, 0.3) is 11.8 Å². The first-order chi connectivity index (χ1) is 21.0. The number of nitrogens with one attached hydrogen (secondary N) is 2. The van der Waals surface area contributed by atoms with Gasteiger partial charge in [0.1, 0.15) is 11.5 Å². The Morgan fingerprint density at radius 1 is 0.581 bits per heavy atom. The standard InChI is InChI=1S/C36H47BrN2O4/c1-3-5-7-9-11-13-25-42-31-20-15-28(16-21-31)35(40)38-30-19-24-34(33(37)27-30)39-36(41)29-17-22-32(23-18-29)43-26-14-12-10-8-6-4-2/h15-24,27H,3-14,25-26H2,1-2H3,(H,38,40)(H,39,41). The highest BCUT2D eigenvalue weighted by Gasteiger charge is 2.12. The summed E-state index contributed by atoms with van der Waals surface area (Å²) < 4.78 is 12.3. The lowest BCUT2D eigenvalue weighted by molar-refractivity contribution is 0.101. The number of ether oxygens (including phenoxy) is 2. The van der Waals surface area contributed by atoms with E-state index in [4.69, 9.17) is 9.47 Å². The van der Waals surface area contributed by atoms with Gasteiger partial charge in [0.05, 0.1) is 18.9 Å². The van der Waals surface area contributed by atoms with Crippen molar-refractivity contribution in [2.24, 2.45) is 0 Å². The van der Waals surface area contributed by atoms with E-state index in [1.54, 1.807) is 42.5 Å². The van der Waals surface area contributed by atoms with Crippen molar-refractivity contribution in [1.29, 1.82) is 0 Å². The van der Waals surface area contributed by atoms with Gasteiger partial charge >= 0.3 is 0 Å². The third kappa shape index (κ3) is 12.8. The van der Waals surface area contributed by atoms with E-state index in [-0.39, 0.29) is 11.8 Å². The second-order valence-electron chi connectivity index (χ2n) is 10.9. The van der Waals surface area contributed by atoms with E-state index < -0.39 is 0 Å². The molecule has 3 aromatic rings. The van der Waals surface area contributed by atoms with Crippen LogP contribution in [0.15, 0.2) is 71.2 Å². The minimum Gasteiger partial charge on any atom is -0.494 e. The zero-order valence-electron chi connectivity index (χ0n) is 25.8. The summed E-state index contributed by atoms with van der Waals surface area (Å²) >= 11 is 3.52. The molecule has 0 saturated carbocycles. The fraction of sp³-hybridized carbons (Fsp3) is 0.444. The van der Waals surface area contributed by atoms with Crippen LogP contribution in [-0.2, 0) is 0 Å².